The van der Waals surface area contributed by atoms with Crippen LogP contribution in [0.5, 0.6) is 11.5 Å². The number of benzene rings is 1. The normalized spacial score (nSPS) is 10.1. The van der Waals surface area contributed by atoms with Gasteiger partial charge in [-0.05, 0) is 41.4 Å². The van der Waals surface area contributed by atoms with Crippen LogP contribution in [-0.4, -0.2) is 18.0 Å². The van der Waals surface area contributed by atoms with Crippen LogP contribution in [0, 0.1) is 6.92 Å². The second-order valence-electron chi connectivity index (χ2n) is 3.43. The Labute approximate surface area is 97.2 Å². The summed E-state index contributed by atoms with van der Waals surface area (Å²) < 4.78 is 5.65. The lowest BCUT2D eigenvalue weighted by molar-refractivity contribution is -0.116. The monoisotopic (exact) mass is 272 g/mol. The molecule has 0 aliphatic heterocycles. The van der Waals surface area contributed by atoms with Crippen LogP contribution in [0.25, 0.3) is 0 Å². The molecule has 0 atom stereocenters. The van der Waals surface area contributed by atoms with Crippen LogP contribution < -0.4 is 4.74 Å². The number of hydrogen-bond acceptors (Lipinski definition) is 3. The summed E-state index contributed by atoms with van der Waals surface area (Å²) in [6, 6.07) is 1.76. The molecule has 0 aliphatic carbocycles. The van der Waals surface area contributed by atoms with Crippen molar-refractivity contribution >= 4 is 21.7 Å². The van der Waals surface area contributed by atoms with Gasteiger partial charge in [0.1, 0.15) is 21.8 Å². The highest BCUT2D eigenvalue weighted by molar-refractivity contribution is 9.10. The van der Waals surface area contributed by atoms with E-state index in [1.54, 1.807) is 13.0 Å². The summed E-state index contributed by atoms with van der Waals surface area (Å²) in [6.45, 7) is 3.30. The molecule has 1 aromatic carbocycles. The van der Waals surface area contributed by atoms with Gasteiger partial charge in [0.15, 0.2) is 0 Å². The number of halogens is 1. The molecule has 3 nitrogen and oxygen atoms in total. The minimum Gasteiger partial charge on any atom is -0.506 e. The molecule has 0 saturated heterocycles. The minimum absolute atomic E-state index is 0.0605. The molecular weight excluding hydrogens is 260 g/mol. The topological polar surface area (TPSA) is 46.5 Å². The Morgan fingerprint density at radius 3 is 2.67 bits per heavy atom. The molecule has 0 heterocycles. The van der Waals surface area contributed by atoms with Gasteiger partial charge in [0.25, 0.3) is 0 Å². The van der Waals surface area contributed by atoms with E-state index in [9.17, 15) is 9.90 Å². The van der Waals surface area contributed by atoms with E-state index in [1.807, 2.05) is 0 Å². The first-order valence-electron chi connectivity index (χ1n) is 4.51. The Balaban J connectivity index is 3.31. The zero-order chi connectivity index (χ0) is 11.6. The molecule has 0 radical (unpaired) electrons. The lowest BCUT2D eigenvalue weighted by Gasteiger charge is -2.12. The van der Waals surface area contributed by atoms with E-state index in [-0.39, 0.29) is 11.5 Å². The molecule has 0 saturated carbocycles. The number of phenols is 1. The lowest BCUT2D eigenvalue weighted by atomic mass is 10.0. The largest absolute Gasteiger partial charge is 0.506 e. The van der Waals surface area contributed by atoms with Crippen molar-refractivity contribution in [3.8, 4) is 11.5 Å². The second kappa shape index (κ2) is 4.66. The Morgan fingerprint density at radius 1 is 1.60 bits per heavy atom. The van der Waals surface area contributed by atoms with E-state index in [4.69, 9.17) is 4.74 Å². The molecule has 0 spiro atoms. The summed E-state index contributed by atoms with van der Waals surface area (Å²) >= 11 is 3.25. The van der Waals surface area contributed by atoms with Crippen molar-refractivity contribution in [1.82, 2.24) is 0 Å². The molecule has 1 N–H and O–H groups in total. The van der Waals surface area contributed by atoms with Gasteiger partial charge < -0.3 is 9.84 Å². The summed E-state index contributed by atoms with van der Waals surface area (Å²) in [5.41, 5.74) is 1.51. The minimum atomic E-state index is 0.0605. The van der Waals surface area contributed by atoms with Crippen LogP contribution in [0.15, 0.2) is 10.5 Å². The first-order valence-corrected chi connectivity index (χ1v) is 5.31. The molecule has 0 fully saturated rings. The van der Waals surface area contributed by atoms with Gasteiger partial charge in [-0.3, -0.25) is 4.79 Å². The highest BCUT2D eigenvalue weighted by atomic mass is 79.9. The lowest BCUT2D eigenvalue weighted by Crippen LogP contribution is -2.01. The van der Waals surface area contributed by atoms with Gasteiger partial charge in [0.2, 0.25) is 0 Å². The molecule has 0 amide bonds. The van der Waals surface area contributed by atoms with E-state index in [2.05, 4.69) is 15.9 Å². The maximum absolute atomic E-state index is 11.1. The van der Waals surface area contributed by atoms with E-state index in [1.165, 1.54) is 14.0 Å². The molecule has 1 aromatic rings. The highest BCUT2D eigenvalue weighted by Gasteiger charge is 2.15. The van der Waals surface area contributed by atoms with Crippen molar-refractivity contribution < 1.29 is 14.6 Å². The molecule has 0 aromatic heterocycles. The third-order valence-corrected chi connectivity index (χ3v) is 2.84. The number of phenolic OH excluding ortho intramolecular Hbond substituents is 1. The van der Waals surface area contributed by atoms with Crippen LogP contribution >= 0.6 is 15.9 Å². The SMILES string of the molecule is COc1c(CC(C)=O)cc(C)c(O)c1Br. The number of carbonyl (C=O) groups excluding carboxylic acids is 1. The smallest absolute Gasteiger partial charge is 0.140 e. The van der Waals surface area contributed by atoms with Crippen LogP contribution in [0.4, 0.5) is 0 Å². The van der Waals surface area contributed by atoms with Crippen LogP contribution in [0.3, 0.4) is 0 Å². The van der Waals surface area contributed by atoms with E-state index < -0.39 is 0 Å². The van der Waals surface area contributed by atoms with E-state index in [0.717, 1.165) is 11.1 Å². The number of carbonyl (C=O) groups is 1. The Bertz CT molecular complexity index is 399. The number of aryl methyl sites for hydroxylation is 1. The van der Waals surface area contributed by atoms with Crippen molar-refractivity contribution in [2.45, 2.75) is 20.3 Å². The number of ketones is 1. The maximum atomic E-state index is 11.1. The quantitative estimate of drug-likeness (QED) is 0.920. The fourth-order valence-electron chi connectivity index (χ4n) is 1.44. The number of Topliss-reactive ketones (excluding diaryl/α,β-unsaturated/α-hetero) is 1. The first kappa shape index (κ1) is 12.0. The van der Waals surface area contributed by atoms with Crippen molar-refractivity contribution in [1.29, 1.82) is 0 Å². The second-order valence-corrected chi connectivity index (χ2v) is 4.22. The predicted octanol–water partition coefficient (Wildman–Crippen LogP) is 2.60. The Kier molecular flexibility index (Phi) is 3.74. The summed E-state index contributed by atoms with van der Waals surface area (Å²) in [5, 5.41) is 9.67. The third kappa shape index (κ3) is 2.50. The fraction of sp³-hybridized carbons (Fsp3) is 0.364. The van der Waals surface area contributed by atoms with Crippen LogP contribution in [0.2, 0.25) is 0 Å². The summed E-state index contributed by atoms with van der Waals surface area (Å²) in [7, 11) is 1.51. The van der Waals surface area contributed by atoms with Crippen molar-refractivity contribution in [2.24, 2.45) is 0 Å². The summed E-state index contributed by atoms with van der Waals surface area (Å²) in [6.07, 6.45) is 0.308. The summed E-state index contributed by atoms with van der Waals surface area (Å²) in [4.78, 5) is 11.1. The molecular formula is C11H13BrO3. The zero-order valence-corrected chi connectivity index (χ0v) is 10.5. The number of hydrogen-bond donors (Lipinski definition) is 1. The molecule has 4 heteroatoms. The standard InChI is InChI=1S/C11H13BrO3/c1-6-4-8(5-7(2)13)11(15-3)9(12)10(6)14/h4,14H,5H2,1-3H3. The number of rotatable bonds is 3. The van der Waals surface area contributed by atoms with Gasteiger partial charge in [0, 0.05) is 12.0 Å². The summed E-state index contributed by atoms with van der Waals surface area (Å²) in [5.74, 6) is 0.734. The van der Waals surface area contributed by atoms with Gasteiger partial charge in [-0.25, -0.2) is 0 Å². The number of ether oxygens (including phenoxy) is 1. The number of aromatic hydroxyl groups is 1. The van der Waals surface area contributed by atoms with Gasteiger partial charge >= 0.3 is 0 Å². The van der Waals surface area contributed by atoms with Gasteiger partial charge in [-0.15, -0.1) is 0 Å². The Hall–Kier alpha value is -1.03. The maximum Gasteiger partial charge on any atom is 0.140 e. The van der Waals surface area contributed by atoms with Gasteiger partial charge in [-0.1, -0.05) is 0 Å². The van der Waals surface area contributed by atoms with Gasteiger partial charge in [-0.2, -0.15) is 0 Å². The zero-order valence-electron chi connectivity index (χ0n) is 8.93. The van der Waals surface area contributed by atoms with E-state index in [0.29, 0.717) is 16.6 Å². The molecule has 1 rings (SSSR count). The molecule has 15 heavy (non-hydrogen) atoms. The van der Waals surface area contributed by atoms with Crippen LogP contribution in [0.1, 0.15) is 18.1 Å². The Morgan fingerprint density at radius 2 is 2.20 bits per heavy atom. The van der Waals surface area contributed by atoms with Crippen molar-refractivity contribution in [3.63, 3.8) is 0 Å². The van der Waals surface area contributed by atoms with Gasteiger partial charge in [0.05, 0.1) is 7.11 Å². The van der Waals surface area contributed by atoms with E-state index >= 15 is 0 Å². The first-order chi connectivity index (χ1) is 6.97. The molecule has 0 aliphatic rings. The highest BCUT2D eigenvalue weighted by Crippen LogP contribution is 2.39. The number of methoxy groups -OCH3 is 1. The predicted molar refractivity (Wildman–Crippen MR) is 61.5 cm³/mol. The fourth-order valence-corrected chi connectivity index (χ4v) is 2.17. The van der Waals surface area contributed by atoms with Crippen molar-refractivity contribution in [3.05, 3.63) is 21.7 Å². The average Bonchev–Trinajstić information content (AvgIpc) is 2.14. The molecule has 82 valence electrons. The average molecular weight is 273 g/mol. The molecule has 0 unspecified atom stereocenters. The van der Waals surface area contributed by atoms with Crippen LogP contribution in [-0.2, 0) is 11.2 Å². The van der Waals surface area contributed by atoms with Crippen molar-refractivity contribution in [2.75, 3.05) is 7.11 Å². The molecule has 0 bridgehead atoms. The third-order valence-electron chi connectivity index (χ3n) is 2.11.